The molecule has 1 N–H and O–H groups in total. The molecule has 5 nitrogen and oxygen atoms in total. The lowest BCUT2D eigenvalue weighted by atomic mass is 10.3. The number of carbonyl (C=O) groups is 1. The maximum atomic E-state index is 11.9. The Morgan fingerprint density at radius 3 is 2.80 bits per heavy atom. The molecule has 2 aromatic rings. The lowest BCUT2D eigenvalue weighted by Crippen LogP contribution is -2.14. The van der Waals surface area contributed by atoms with Crippen molar-refractivity contribution in [3.63, 3.8) is 0 Å². The Morgan fingerprint density at radius 2 is 2.15 bits per heavy atom. The van der Waals surface area contributed by atoms with E-state index < -0.39 is 0 Å². The molecule has 0 saturated heterocycles. The zero-order chi connectivity index (χ0) is 14.5. The zero-order valence-electron chi connectivity index (χ0n) is 11.6. The van der Waals surface area contributed by atoms with Gasteiger partial charge in [0, 0.05) is 0 Å². The van der Waals surface area contributed by atoms with Crippen molar-refractivity contribution < 1.29 is 13.9 Å². The Bertz CT molecular complexity index is 591. The van der Waals surface area contributed by atoms with Crippen LogP contribution in [0.1, 0.15) is 11.5 Å². The summed E-state index contributed by atoms with van der Waals surface area (Å²) in [4.78, 5) is 16.1. The fraction of sp³-hybridized carbons (Fsp3) is 0.286. The molecule has 0 aliphatic rings. The van der Waals surface area contributed by atoms with Gasteiger partial charge in [0.2, 0.25) is 5.91 Å². The number of thioether (sulfide) groups is 1. The van der Waals surface area contributed by atoms with E-state index in [0.29, 0.717) is 16.7 Å². The minimum atomic E-state index is -0.131. The number of carbonyl (C=O) groups excluding carboxylic acids is 1. The number of nitrogens with one attached hydrogen (secondary N) is 1. The largest absolute Gasteiger partial charge is 0.495 e. The fourth-order valence-corrected chi connectivity index (χ4v) is 2.28. The van der Waals surface area contributed by atoms with Crippen LogP contribution < -0.4 is 10.1 Å². The van der Waals surface area contributed by atoms with Gasteiger partial charge in [-0.25, -0.2) is 4.98 Å². The highest BCUT2D eigenvalue weighted by atomic mass is 32.2. The van der Waals surface area contributed by atoms with E-state index in [-0.39, 0.29) is 11.7 Å². The number of para-hydroxylation sites is 2. The van der Waals surface area contributed by atoms with Crippen LogP contribution in [0.2, 0.25) is 0 Å². The molecule has 0 spiro atoms. The van der Waals surface area contributed by atoms with E-state index in [4.69, 9.17) is 9.15 Å². The summed E-state index contributed by atoms with van der Waals surface area (Å²) in [6.07, 6.45) is 0. The van der Waals surface area contributed by atoms with Crippen LogP contribution in [0.5, 0.6) is 5.75 Å². The third-order valence-corrected chi connectivity index (χ3v) is 3.54. The molecule has 0 bridgehead atoms. The van der Waals surface area contributed by atoms with Crippen molar-refractivity contribution in [2.24, 2.45) is 0 Å². The highest BCUT2D eigenvalue weighted by Crippen LogP contribution is 2.24. The molecule has 0 fully saturated rings. The zero-order valence-corrected chi connectivity index (χ0v) is 12.4. The molecule has 0 unspecified atom stereocenters. The minimum Gasteiger partial charge on any atom is -0.495 e. The topological polar surface area (TPSA) is 64.4 Å². The molecular weight excluding hydrogens is 276 g/mol. The summed E-state index contributed by atoms with van der Waals surface area (Å²) in [5, 5.41) is 3.31. The number of ether oxygens (including phenoxy) is 1. The second kappa shape index (κ2) is 6.47. The highest BCUT2D eigenvalue weighted by molar-refractivity contribution is 7.99. The normalized spacial score (nSPS) is 10.3. The van der Waals surface area contributed by atoms with Crippen molar-refractivity contribution in [2.45, 2.75) is 19.1 Å². The Morgan fingerprint density at radius 1 is 1.40 bits per heavy atom. The van der Waals surface area contributed by atoms with Gasteiger partial charge in [-0.2, -0.15) is 0 Å². The molecule has 2 rings (SSSR count). The molecule has 1 aromatic heterocycles. The molecule has 1 amide bonds. The lowest BCUT2D eigenvalue weighted by molar-refractivity contribution is -0.113. The molecule has 0 atom stereocenters. The molecule has 6 heteroatoms. The van der Waals surface area contributed by atoms with Crippen LogP contribution in [0, 0.1) is 13.8 Å². The first kappa shape index (κ1) is 14.5. The van der Waals surface area contributed by atoms with Gasteiger partial charge in [-0.15, -0.1) is 0 Å². The number of nitrogens with zero attached hydrogens (tertiary/aromatic N) is 1. The van der Waals surface area contributed by atoms with Gasteiger partial charge in [0.15, 0.2) is 0 Å². The molecule has 0 aliphatic heterocycles. The van der Waals surface area contributed by atoms with Crippen LogP contribution in [0.3, 0.4) is 0 Å². The van der Waals surface area contributed by atoms with Gasteiger partial charge < -0.3 is 14.5 Å². The predicted octanol–water partition coefficient (Wildman–Crippen LogP) is 3.03. The summed E-state index contributed by atoms with van der Waals surface area (Å²) in [6, 6.07) is 7.28. The van der Waals surface area contributed by atoms with E-state index in [2.05, 4.69) is 10.3 Å². The maximum Gasteiger partial charge on any atom is 0.256 e. The smallest absolute Gasteiger partial charge is 0.256 e. The molecule has 0 radical (unpaired) electrons. The molecule has 0 aliphatic carbocycles. The van der Waals surface area contributed by atoms with Gasteiger partial charge in [-0.05, 0) is 26.0 Å². The summed E-state index contributed by atoms with van der Waals surface area (Å²) < 4.78 is 10.6. The van der Waals surface area contributed by atoms with Crippen molar-refractivity contribution in [1.82, 2.24) is 4.98 Å². The maximum absolute atomic E-state index is 11.9. The quantitative estimate of drug-likeness (QED) is 0.858. The van der Waals surface area contributed by atoms with Gasteiger partial charge in [0.25, 0.3) is 5.22 Å². The van der Waals surface area contributed by atoms with Crippen molar-refractivity contribution in [2.75, 3.05) is 18.2 Å². The van der Waals surface area contributed by atoms with Crippen LogP contribution in [0.15, 0.2) is 33.9 Å². The molecule has 20 heavy (non-hydrogen) atoms. The molecular formula is C14H16N2O3S. The molecule has 0 saturated carbocycles. The number of hydrogen-bond donors (Lipinski definition) is 1. The van der Waals surface area contributed by atoms with E-state index in [1.807, 2.05) is 26.0 Å². The van der Waals surface area contributed by atoms with Crippen LogP contribution in [0.25, 0.3) is 0 Å². The van der Waals surface area contributed by atoms with Gasteiger partial charge in [0.1, 0.15) is 11.5 Å². The first-order chi connectivity index (χ1) is 9.60. The number of aryl methyl sites for hydroxylation is 2. The van der Waals surface area contributed by atoms with E-state index in [9.17, 15) is 4.79 Å². The Kier molecular flexibility index (Phi) is 4.68. The Labute approximate surface area is 121 Å². The number of oxazole rings is 1. The number of anilines is 1. The van der Waals surface area contributed by atoms with Gasteiger partial charge >= 0.3 is 0 Å². The standard InChI is InChI=1S/C14H16N2O3S/c1-9-10(2)19-14(15-9)20-8-13(17)16-11-6-4-5-7-12(11)18-3/h4-7H,8H2,1-3H3,(H,16,17). The SMILES string of the molecule is COc1ccccc1NC(=O)CSc1nc(C)c(C)o1. The number of benzene rings is 1. The number of amides is 1. The fourth-order valence-electron chi connectivity index (χ4n) is 1.57. The lowest BCUT2D eigenvalue weighted by Gasteiger charge is -2.08. The van der Waals surface area contributed by atoms with Gasteiger partial charge in [0.05, 0.1) is 24.2 Å². The summed E-state index contributed by atoms with van der Waals surface area (Å²) in [6.45, 7) is 3.72. The minimum absolute atomic E-state index is 0.131. The van der Waals surface area contributed by atoms with Crippen molar-refractivity contribution in [3.8, 4) is 5.75 Å². The number of methoxy groups -OCH3 is 1. The van der Waals surface area contributed by atoms with Crippen molar-refractivity contribution >= 4 is 23.4 Å². The van der Waals surface area contributed by atoms with Gasteiger partial charge in [-0.3, -0.25) is 4.79 Å². The number of aromatic nitrogens is 1. The van der Waals surface area contributed by atoms with Crippen LogP contribution >= 0.6 is 11.8 Å². The summed E-state index contributed by atoms with van der Waals surface area (Å²) in [5.41, 5.74) is 1.50. The van der Waals surface area contributed by atoms with Crippen LogP contribution in [-0.4, -0.2) is 23.8 Å². The van der Waals surface area contributed by atoms with E-state index in [0.717, 1.165) is 11.5 Å². The van der Waals surface area contributed by atoms with Crippen LogP contribution in [0.4, 0.5) is 5.69 Å². The third kappa shape index (κ3) is 3.54. The van der Waals surface area contributed by atoms with Crippen LogP contribution in [-0.2, 0) is 4.79 Å². The average Bonchev–Trinajstić information content (AvgIpc) is 2.76. The third-order valence-electron chi connectivity index (χ3n) is 2.72. The van der Waals surface area contributed by atoms with E-state index in [1.165, 1.54) is 11.8 Å². The first-order valence-electron chi connectivity index (χ1n) is 6.10. The monoisotopic (exact) mass is 292 g/mol. The highest BCUT2D eigenvalue weighted by Gasteiger charge is 2.11. The molecule has 1 heterocycles. The summed E-state index contributed by atoms with van der Waals surface area (Å²) in [5.74, 6) is 1.51. The molecule has 106 valence electrons. The van der Waals surface area contributed by atoms with E-state index in [1.54, 1.807) is 19.2 Å². The molecule has 1 aromatic carbocycles. The second-order valence-electron chi connectivity index (χ2n) is 4.16. The van der Waals surface area contributed by atoms with Gasteiger partial charge in [-0.1, -0.05) is 23.9 Å². The number of rotatable bonds is 5. The van der Waals surface area contributed by atoms with E-state index >= 15 is 0 Å². The average molecular weight is 292 g/mol. The second-order valence-corrected chi connectivity index (χ2v) is 5.09. The summed E-state index contributed by atoms with van der Waals surface area (Å²) in [7, 11) is 1.57. The van der Waals surface area contributed by atoms with Crippen molar-refractivity contribution in [3.05, 3.63) is 35.7 Å². The first-order valence-corrected chi connectivity index (χ1v) is 7.08. The Hall–Kier alpha value is -1.95. The number of hydrogen-bond acceptors (Lipinski definition) is 5. The van der Waals surface area contributed by atoms with Crippen molar-refractivity contribution in [1.29, 1.82) is 0 Å². The Balaban J connectivity index is 1.92. The summed E-state index contributed by atoms with van der Waals surface area (Å²) >= 11 is 1.27. The predicted molar refractivity (Wildman–Crippen MR) is 78.3 cm³/mol.